The zero-order valence-corrected chi connectivity index (χ0v) is 9.07. The molecule has 0 unspecified atom stereocenters. The van der Waals surface area contributed by atoms with Gasteiger partial charge in [-0.3, -0.25) is 4.79 Å². The summed E-state index contributed by atoms with van der Waals surface area (Å²) in [5, 5.41) is 0. The van der Waals surface area contributed by atoms with Gasteiger partial charge < -0.3 is 9.64 Å². The minimum absolute atomic E-state index is 0.189. The Labute approximate surface area is 89.9 Å². The van der Waals surface area contributed by atoms with Gasteiger partial charge >= 0.3 is 5.97 Å². The van der Waals surface area contributed by atoms with Crippen LogP contribution in [0.3, 0.4) is 0 Å². The molecule has 0 N–H and O–H groups in total. The second-order valence-electron chi connectivity index (χ2n) is 3.56. The predicted molar refractivity (Wildman–Crippen MR) is 56.2 cm³/mol. The highest BCUT2D eigenvalue weighted by Crippen LogP contribution is 2.18. The number of likely N-dealkylation sites (tertiary alicyclic amines) is 1. The van der Waals surface area contributed by atoms with Crippen LogP contribution in [0.2, 0.25) is 0 Å². The van der Waals surface area contributed by atoms with E-state index in [0.29, 0.717) is 19.6 Å². The molecule has 4 nitrogen and oxygen atoms in total. The molecule has 0 bridgehead atoms. The molecule has 1 atom stereocenters. The summed E-state index contributed by atoms with van der Waals surface area (Å²) in [6.45, 7) is 6.40. The smallest absolute Gasteiger partial charge is 0.328 e. The van der Waals surface area contributed by atoms with Crippen LogP contribution >= 0.6 is 0 Å². The Morgan fingerprint density at radius 3 is 2.93 bits per heavy atom. The van der Waals surface area contributed by atoms with Crippen molar-refractivity contribution < 1.29 is 14.3 Å². The van der Waals surface area contributed by atoms with Crippen LogP contribution in [0.25, 0.3) is 0 Å². The Morgan fingerprint density at radius 2 is 2.33 bits per heavy atom. The number of nitrogens with zero attached hydrogens (tertiary/aromatic N) is 1. The zero-order chi connectivity index (χ0) is 11.3. The Bertz CT molecular complexity index is 263. The van der Waals surface area contributed by atoms with Crippen LogP contribution in [-0.4, -0.2) is 36.0 Å². The van der Waals surface area contributed by atoms with E-state index in [4.69, 9.17) is 4.74 Å². The molecule has 0 aromatic carbocycles. The van der Waals surface area contributed by atoms with E-state index in [2.05, 4.69) is 6.58 Å². The lowest BCUT2D eigenvalue weighted by atomic mass is 10.2. The lowest BCUT2D eigenvalue weighted by Crippen LogP contribution is -2.40. The molecule has 1 saturated heterocycles. The molecule has 1 heterocycles. The number of carbonyl (C=O) groups excluding carboxylic acids is 2. The maximum Gasteiger partial charge on any atom is 0.328 e. The van der Waals surface area contributed by atoms with Crippen LogP contribution in [0.5, 0.6) is 0 Å². The van der Waals surface area contributed by atoms with Crippen molar-refractivity contribution in [1.82, 2.24) is 4.90 Å². The normalized spacial score (nSPS) is 20.1. The van der Waals surface area contributed by atoms with Gasteiger partial charge in [0, 0.05) is 6.54 Å². The van der Waals surface area contributed by atoms with E-state index >= 15 is 0 Å². The van der Waals surface area contributed by atoms with E-state index < -0.39 is 6.04 Å². The van der Waals surface area contributed by atoms with E-state index in [1.165, 1.54) is 11.0 Å². The first-order valence-corrected chi connectivity index (χ1v) is 5.30. The highest BCUT2D eigenvalue weighted by molar-refractivity contribution is 5.91. The molecule has 1 aliphatic rings. The third-order valence-corrected chi connectivity index (χ3v) is 2.43. The van der Waals surface area contributed by atoms with Crippen molar-refractivity contribution in [3.8, 4) is 0 Å². The molecule has 84 valence electrons. The average molecular weight is 211 g/mol. The van der Waals surface area contributed by atoms with Crippen molar-refractivity contribution in [1.29, 1.82) is 0 Å². The van der Waals surface area contributed by atoms with E-state index in [1.807, 2.05) is 6.92 Å². The predicted octanol–water partition coefficient (Wildman–Crippen LogP) is 1.12. The van der Waals surface area contributed by atoms with Gasteiger partial charge in [-0.1, -0.05) is 13.5 Å². The fraction of sp³-hybridized carbons (Fsp3) is 0.636. The van der Waals surface area contributed by atoms with Crippen LogP contribution in [0.4, 0.5) is 0 Å². The highest BCUT2D eigenvalue weighted by atomic mass is 16.5. The van der Waals surface area contributed by atoms with E-state index in [9.17, 15) is 9.59 Å². The Morgan fingerprint density at radius 1 is 1.60 bits per heavy atom. The quantitative estimate of drug-likeness (QED) is 0.517. The minimum Gasteiger partial charge on any atom is -0.464 e. The molecule has 4 heteroatoms. The van der Waals surface area contributed by atoms with E-state index in [1.54, 1.807) is 0 Å². The van der Waals surface area contributed by atoms with Crippen molar-refractivity contribution in [2.75, 3.05) is 13.2 Å². The number of esters is 1. The Balaban J connectivity index is 2.55. The average Bonchev–Trinajstić information content (AvgIpc) is 2.73. The Kier molecular flexibility index (Phi) is 4.34. The zero-order valence-electron chi connectivity index (χ0n) is 9.07. The van der Waals surface area contributed by atoms with Gasteiger partial charge in [-0.15, -0.1) is 0 Å². The monoisotopic (exact) mass is 211 g/mol. The molecule has 0 aromatic rings. The number of hydrogen-bond acceptors (Lipinski definition) is 3. The fourth-order valence-electron chi connectivity index (χ4n) is 1.69. The van der Waals surface area contributed by atoms with E-state index in [-0.39, 0.29) is 11.9 Å². The molecule has 1 amide bonds. The molecule has 0 saturated carbocycles. The van der Waals surface area contributed by atoms with E-state index in [0.717, 1.165) is 12.8 Å². The summed E-state index contributed by atoms with van der Waals surface area (Å²) in [4.78, 5) is 24.5. The third kappa shape index (κ3) is 2.81. The maximum absolute atomic E-state index is 11.6. The summed E-state index contributed by atoms with van der Waals surface area (Å²) in [7, 11) is 0. The highest BCUT2D eigenvalue weighted by Gasteiger charge is 2.33. The van der Waals surface area contributed by atoms with Crippen LogP contribution in [-0.2, 0) is 14.3 Å². The molecule has 0 aliphatic carbocycles. The number of carbonyl (C=O) groups is 2. The summed E-state index contributed by atoms with van der Waals surface area (Å²) in [6.07, 6.45) is 3.59. The molecule has 1 fully saturated rings. The van der Waals surface area contributed by atoms with Gasteiger partial charge in [-0.25, -0.2) is 4.79 Å². The van der Waals surface area contributed by atoms with Gasteiger partial charge in [0.15, 0.2) is 0 Å². The maximum atomic E-state index is 11.6. The van der Waals surface area contributed by atoms with Gasteiger partial charge in [0.1, 0.15) is 6.04 Å². The summed E-state index contributed by atoms with van der Waals surface area (Å²) in [5.41, 5.74) is 0. The second kappa shape index (κ2) is 5.53. The largest absolute Gasteiger partial charge is 0.464 e. The standard InChI is InChI=1S/C11H17NO3/c1-3-8-15-11(14)9-6-5-7-12(9)10(13)4-2/h4,9H,2-3,5-8H2,1H3/t9-/m0/s1. The van der Waals surface area contributed by atoms with Crippen molar-refractivity contribution in [2.24, 2.45) is 0 Å². The number of ether oxygens (including phenoxy) is 1. The molecular weight excluding hydrogens is 194 g/mol. The SMILES string of the molecule is C=CC(=O)N1CCC[C@H]1C(=O)OCCC. The van der Waals surface area contributed by atoms with Crippen molar-refractivity contribution >= 4 is 11.9 Å². The van der Waals surface area contributed by atoms with Crippen molar-refractivity contribution in [3.05, 3.63) is 12.7 Å². The summed E-state index contributed by atoms with van der Waals surface area (Å²) < 4.78 is 5.03. The first-order chi connectivity index (χ1) is 7.20. The van der Waals surface area contributed by atoms with Gasteiger partial charge in [0.25, 0.3) is 0 Å². The molecule has 1 aliphatic heterocycles. The number of hydrogen-bond donors (Lipinski definition) is 0. The summed E-state index contributed by atoms with van der Waals surface area (Å²) in [6, 6.07) is -0.401. The fourth-order valence-corrected chi connectivity index (χ4v) is 1.69. The molecule has 1 rings (SSSR count). The lowest BCUT2D eigenvalue weighted by molar-refractivity contribution is -0.152. The summed E-state index contributed by atoms with van der Waals surface area (Å²) in [5.74, 6) is -0.476. The topological polar surface area (TPSA) is 46.6 Å². The number of amides is 1. The third-order valence-electron chi connectivity index (χ3n) is 2.43. The Hall–Kier alpha value is -1.32. The molecular formula is C11H17NO3. The first-order valence-electron chi connectivity index (χ1n) is 5.30. The van der Waals surface area contributed by atoms with Crippen molar-refractivity contribution in [2.45, 2.75) is 32.2 Å². The van der Waals surface area contributed by atoms with Crippen molar-refractivity contribution in [3.63, 3.8) is 0 Å². The van der Waals surface area contributed by atoms with Crippen LogP contribution in [0.1, 0.15) is 26.2 Å². The number of rotatable bonds is 4. The summed E-state index contributed by atoms with van der Waals surface area (Å²) >= 11 is 0. The van der Waals surface area contributed by atoms with Crippen LogP contribution in [0, 0.1) is 0 Å². The first kappa shape index (κ1) is 11.8. The molecule has 0 radical (unpaired) electrons. The molecule has 15 heavy (non-hydrogen) atoms. The van der Waals surface area contributed by atoms with Crippen LogP contribution in [0.15, 0.2) is 12.7 Å². The van der Waals surface area contributed by atoms with Gasteiger partial charge in [0.05, 0.1) is 6.61 Å². The second-order valence-corrected chi connectivity index (χ2v) is 3.56. The molecule has 0 aromatic heterocycles. The van der Waals surface area contributed by atoms with Crippen LogP contribution < -0.4 is 0 Å². The van der Waals surface area contributed by atoms with Gasteiger partial charge in [0.2, 0.25) is 5.91 Å². The minimum atomic E-state index is -0.401. The molecule has 0 spiro atoms. The lowest BCUT2D eigenvalue weighted by Gasteiger charge is -2.21. The van der Waals surface area contributed by atoms with Gasteiger partial charge in [-0.2, -0.15) is 0 Å². The van der Waals surface area contributed by atoms with Gasteiger partial charge in [-0.05, 0) is 25.3 Å².